The normalized spacial score (nSPS) is 16.7. The average Bonchev–Trinajstić information content (AvgIpc) is 2.67. The molecule has 26 heavy (non-hydrogen) atoms. The molecule has 2 amide bonds. The number of rotatable bonds is 8. The molecule has 142 valence electrons. The lowest BCUT2D eigenvalue weighted by Gasteiger charge is -2.37. The lowest BCUT2D eigenvalue weighted by Crippen LogP contribution is -2.54. The van der Waals surface area contributed by atoms with Crippen LogP contribution in [0.15, 0.2) is 36.9 Å². The molecular formula is C20H30N4O2. The number of anilines is 1. The molecule has 0 aliphatic carbocycles. The Balaban J connectivity index is 1.77. The van der Waals surface area contributed by atoms with Crippen molar-refractivity contribution in [2.45, 2.75) is 26.3 Å². The molecule has 1 saturated heterocycles. The molecule has 1 heterocycles. The summed E-state index contributed by atoms with van der Waals surface area (Å²) in [6.07, 6.45) is 2.66. The topological polar surface area (TPSA) is 64.7 Å². The first-order valence-electron chi connectivity index (χ1n) is 9.27. The van der Waals surface area contributed by atoms with E-state index >= 15 is 0 Å². The van der Waals surface area contributed by atoms with Crippen molar-refractivity contribution in [3.8, 4) is 0 Å². The van der Waals surface area contributed by atoms with Crippen molar-refractivity contribution in [1.82, 2.24) is 15.1 Å². The van der Waals surface area contributed by atoms with Gasteiger partial charge in [0, 0.05) is 38.4 Å². The summed E-state index contributed by atoms with van der Waals surface area (Å²) in [6.45, 7) is 11.6. The largest absolute Gasteiger partial charge is 0.352 e. The van der Waals surface area contributed by atoms with Gasteiger partial charge in [0.2, 0.25) is 11.8 Å². The minimum Gasteiger partial charge on any atom is -0.352 e. The van der Waals surface area contributed by atoms with Gasteiger partial charge < -0.3 is 10.6 Å². The maximum Gasteiger partial charge on any atom is 0.241 e. The number of nitrogens with zero attached hydrogens (tertiary/aromatic N) is 2. The summed E-state index contributed by atoms with van der Waals surface area (Å²) in [6, 6.07) is 7.77. The predicted molar refractivity (Wildman–Crippen MR) is 105 cm³/mol. The van der Waals surface area contributed by atoms with Crippen molar-refractivity contribution in [2.24, 2.45) is 0 Å². The number of piperazine rings is 1. The van der Waals surface area contributed by atoms with Crippen LogP contribution in [0.25, 0.3) is 0 Å². The number of amides is 2. The fourth-order valence-electron chi connectivity index (χ4n) is 2.99. The molecule has 1 fully saturated rings. The molecule has 1 atom stereocenters. The molecule has 6 nitrogen and oxygen atoms in total. The fraction of sp³-hybridized carbons (Fsp3) is 0.500. The number of benzene rings is 1. The summed E-state index contributed by atoms with van der Waals surface area (Å²) in [5.74, 6) is 0.0195. The molecular weight excluding hydrogens is 328 g/mol. The van der Waals surface area contributed by atoms with Gasteiger partial charge in [-0.3, -0.25) is 19.4 Å². The lowest BCUT2D eigenvalue weighted by atomic mass is 10.1. The SMILES string of the molecule is C=CCNC(=O)CN1CCN(C(C)C(=O)Nc2ccc(CC)cc2)CC1. The molecule has 0 radical (unpaired) electrons. The number of hydrogen-bond donors (Lipinski definition) is 2. The van der Waals surface area contributed by atoms with Gasteiger partial charge in [0.15, 0.2) is 0 Å². The first-order valence-corrected chi connectivity index (χ1v) is 9.27. The summed E-state index contributed by atoms with van der Waals surface area (Å²) in [5, 5.41) is 5.78. The van der Waals surface area contributed by atoms with Gasteiger partial charge in [-0.1, -0.05) is 25.1 Å². The van der Waals surface area contributed by atoms with Gasteiger partial charge in [-0.25, -0.2) is 0 Å². The minimum absolute atomic E-state index is 0.00595. The Morgan fingerprint density at radius 2 is 1.85 bits per heavy atom. The summed E-state index contributed by atoms with van der Waals surface area (Å²) >= 11 is 0. The summed E-state index contributed by atoms with van der Waals surface area (Å²) in [5.41, 5.74) is 2.08. The van der Waals surface area contributed by atoms with E-state index < -0.39 is 0 Å². The first-order chi connectivity index (χ1) is 12.5. The molecule has 1 aromatic rings. The maximum absolute atomic E-state index is 12.5. The molecule has 0 saturated carbocycles. The van der Waals surface area contributed by atoms with Crippen molar-refractivity contribution in [1.29, 1.82) is 0 Å². The predicted octanol–water partition coefficient (Wildman–Crippen LogP) is 1.50. The van der Waals surface area contributed by atoms with Crippen LogP contribution in [-0.4, -0.2) is 66.9 Å². The van der Waals surface area contributed by atoms with E-state index in [2.05, 4.69) is 33.9 Å². The highest BCUT2D eigenvalue weighted by molar-refractivity contribution is 5.94. The Labute approximate surface area is 156 Å². The average molecular weight is 358 g/mol. The van der Waals surface area contributed by atoms with Crippen molar-refractivity contribution in [2.75, 3.05) is 44.6 Å². The van der Waals surface area contributed by atoms with E-state index in [0.717, 1.165) is 38.3 Å². The van der Waals surface area contributed by atoms with E-state index in [1.165, 1.54) is 5.56 Å². The smallest absolute Gasteiger partial charge is 0.241 e. The van der Waals surface area contributed by atoms with E-state index in [0.29, 0.717) is 13.1 Å². The molecule has 1 aliphatic heterocycles. The molecule has 1 aromatic carbocycles. The third kappa shape index (κ3) is 5.97. The van der Waals surface area contributed by atoms with Crippen LogP contribution in [0.5, 0.6) is 0 Å². The van der Waals surface area contributed by atoms with Gasteiger partial charge in [0.1, 0.15) is 0 Å². The highest BCUT2D eigenvalue weighted by Crippen LogP contribution is 2.12. The van der Waals surface area contributed by atoms with E-state index in [1.54, 1.807) is 6.08 Å². The van der Waals surface area contributed by atoms with Crippen LogP contribution < -0.4 is 10.6 Å². The molecule has 6 heteroatoms. The highest BCUT2D eigenvalue weighted by Gasteiger charge is 2.26. The summed E-state index contributed by atoms with van der Waals surface area (Å²) in [7, 11) is 0. The van der Waals surface area contributed by atoms with Gasteiger partial charge in [0.05, 0.1) is 12.6 Å². The van der Waals surface area contributed by atoms with Gasteiger partial charge in [-0.2, -0.15) is 0 Å². The molecule has 2 N–H and O–H groups in total. The number of hydrogen-bond acceptors (Lipinski definition) is 4. The number of carbonyl (C=O) groups excluding carboxylic acids is 2. The second-order valence-corrected chi connectivity index (χ2v) is 6.62. The Bertz CT molecular complexity index is 607. The van der Waals surface area contributed by atoms with Gasteiger partial charge in [-0.15, -0.1) is 6.58 Å². The van der Waals surface area contributed by atoms with Gasteiger partial charge in [-0.05, 0) is 31.0 Å². The van der Waals surface area contributed by atoms with Crippen LogP contribution in [0, 0.1) is 0 Å². The Kier molecular flexibility index (Phi) is 7.81. The Morgan fingerprint density at radius 3 is 2.42 bits per heavy atom. The van der Waals surface area contributed by atoms with Crippen LogP contribution in [0.4, 0.5) is 5.69 Å². The highest BCUT2D eigenvalue weighted by atomic mass is 16.2. The zero-order valence-corrected chi connectivity index (χ0v) is 15.8. The minimum atomic E-state index is -0.197. The lowest BCUT2D eigenvalue weighted by molar-refractivity contribution is -0.124. The van der Waals surface area contributed by atoms with Crippen molar-refractivity contribution in [3.05, 3.63) is 42.5 Å². The van der Waals surface area contributed by atoms with Crippen molar-refractivity contribution < 1.29 is 9.59 Å². The monoisotopic (exact) mass is 358 g/mol. The fourth-order valence-corrected chi connectivity index (χ4v) is 2.99. The van der Waals surface area contributed by atoms with E-state index in [-0.39, 0.29) is 17.9 Å². The van der Waals surface area contributed by atoms with Crippen LogP contribution in [0.2, 0.25) is 0 Å². The van der Waals surface area contributed by atoms with Crippen LogP contribution in [0.1, 0.15) is 19.4 Å². The Morgan fingerprint density at radius 1 is 1.19 bits per heavy atom. The number of aryl methyl sites for hydroxylation is 1. The Hall–Kier alpha value is -2.18. The zero-order chi connectivity index (χ0) is 18.9. The van der Waals surface area contributed by atoms with E-state index in [4.69, 9.17) is 0 Å². The number of nitrogens with one attached hydrogen (secondary N) is 2. The standard InChI is InChI=1S/C20H30N4O2/c1-4-10-21-19(25)15-23-11-13-24(14-12-23)16(3)20(26)22-18-8-6-17(5-2)7-9-18/h4,6-9,16H,1,5,10-15H2,2-3H3,(H,21,25)(H,22,26). The van der Waals surface area contributed by atoms with Crippen LogP contribution in [0.3, 0.4) is 0 Å². The third-order valence-electron chi connectivity index (χ3n) is 4.77. The third-order valence-corrected chi connectivity index (χ3v) is 4.77. The molecule has 0 spiro atoms. The van der Waals surface area contributed by atoms with Crippen LogP contribution >= 0.6 is 0 Å². The maximum atomic E-state index is 12.5. The van der Waals surface area contributed by atoms with Crippen LogP contribution in [-0.2, 0) is 16.0 Å². The molecule has 2 rings (SSSR count). The molecule has 0 aromatic heterocycles. The zero-order valence-electron chi connectivity index (χ0n) is 15.8. The quantitative estimate of drug-likeness (QED) is 0.691. The summed E-state index contributed by atoms with van der Waals surface area (Å²) < 4.78 is 0. The van der Waals surface area contributed by atoms with Gasteiger partial charge in [0.25, 0.3) is 0 Å². The second kappa shape index (κ2) is 10.1. The second-order valence-electron chi connectivity index (χ2n) is 6.62. The van der Waals surface area contributed by atoms with Crippen molar-refractivity contribution >= 4 is 17.5 Å². The number of carbonyl (C=O) groups is 2. The molecule has 1 aliphatic rings. The van der Waals surface area contributed by atoms with E-state index in [1.807, 2.05) is 31.2 Å². The first kappa shape index (κ1) is 20.1. The summed E-state index contributed by atoms with van der Waals surface area (Å²) in [4.78, 5) is 28.5. The molecule has 0 bridgehead atoms. The molecule has 1 unspecified atom stereocenters. The van der Waals surface area contributed by atoms with Crippen molar-refractivity contribution in [3.63, 3.8) is 0 Å². The van der Waals surface area contributed by atoms with Gasteiger partial charge >= 0.3 is 0 Å². The van der Waals surface area contributed by atoms with E-state index in [9.17, 15) is 9.59 Å².